The molecule has 6 aromatic rings. The lowest BCUT2D eigenvalue weighted by Crippen LogP contribution is -2.10. The smallest absolute Gasteiger partial charge is 0.151 e. The summed E-state index contributed by atoms with van der Waals surface area (Å²) < 4.78 is 8.96. The molecule has 1 N–H and O–H groups in total. The second-order valence-corrected chi connectivity index (χ2v) is 9.98. The average Bonchev–Trinajstić information content (AvgIpc) is 3.64. The number of carbonyl (C=O) groups is 1. The van der Waals surface area contributed by atoms with Gasteiger partial charge in [-0.1, -0.05) is 6.07 Å². The molecule has 0 amide bonds. The van der Waals surface area contributed by atoms with E-state index in [1.165, 1.54) is 0 Å². The van der Waals surface area contributed by atoms with Crippen LogP contribution in [0.15, 0.2) is 77.1 Å². The van der Waals surface area contributed by atoms with Gasteiger partial charge >= 0.3 is 0 Å². The fourth-order valence-electron chi connectivity index (χ4n) is 4.26. The average molecular weight is 610 g/mol. The SMILES string of the molecule is O=Cc1ccc2nc(Cn3cnc(Br)c3)c(C(O)c3ccc4nc(Cn5cnc(Br)c5)cn4c3)n2c1. The molecular formula is C24H18Br2N8O2. The van der Waals surface area contributed by atoms with E-state index in [1.54, 1.807) is 35.4 Å². The van der Waals surface area contributed by atoms with Crippen molar-refractivity contribution in [2.45, 2.75) is 19.2 Å². The van der Waals surface area contributed by atoms with Crippen LogP contribution in [0.5, 0.6) is 0 Å². The second-order valence-electron chi connectivity index (χ2n) is 8.35. The minimum absolute atomic E-state index is 0.404. The highest BCUT2D eigenvalue weighted by Gasteiger charge is 2.23. The van der Waals surface area contributed by atoms with E-state index in [0.29, 0.717) is 45.9 Å². The van der Waals surface area contributed by atoms with Gasteiger partial charge in [-0.3, -0.25) is 9.20 Å². The van der Waals surface area contributed by atoms with E-state index >= 15 is 0 Å². The van der Waals surface area contributed by atoms with Gasteiger partial charge in [0.15, 0.2) is 6.29 Å². The minimum atomic E-state index is -0.997. The number of fused-ring (bicyclic) bond motifs is 2. The first-order valence-corrected chi connectivity index (χ1v) is 12.5. The quantitative estimate of drug-likeness (QED) is 0.275. The van der Waals surface area contributed by atoms with Crippen LogP contribution in [-0.2, 0) is 13.1 Å². The molecule has 1 atom stereocenters. The molecule has 36 heavy (non-hydrogen) atoms. The van der Waals surface area contributed by atoms with Crippen LogP contribution in [0.2, 0.25) is 0 Å². The highest BCUT2D eigenvalue weighted by atomic mass is 79.9. The summed E-state index contributed by atoms with van der Waals surface area (Å²) in [6, 6.07) is 7.21. The lowest BCUT2D eigenvalue weighted by Gasteiger charge is -2.14. The van der Waals surface area contributed by atoms with Crippen molar-refractivity contribution in [3.8, 4) is 0 Å². The number of aldehydes is 1. The number of aromatic nitrogens is 8. The Hall–Kier alpha value is -3.61. The van der Waals surface area contributed by atoms with Crippen LogP contribution in [0.1, 0.15) is 39.1 Å². The molecule has 0 fully saturated rings. The molecule has 0 aliphatic heterocycles. The zero-order chi connectivity index (χ0) is 24.8. The van der Waals surface area contributed by atoms with Crippen LogP contribution in [-0.4, -0.2) is 49.3 Å². The Morgan fingerprint density at radius 2 is 1.58 bits per heavy atom. The predicted octanol–water partition coefficient (Wildman–Crippen LogP) is 3.89. The first-order chi connectivity index (χ1) is 17.5. The number of nitrogens with zero attached hydrogens (tertiary/aromatic N) is 8. The molecule has 180 valence electrons. The number of aliphatic hydroxyl groups is 1. The maximum absolute atomic E-state index is 11.6. The van der Waals surface area contributed by atoms with Crippen molar-refractivity contribution < 1.29 is 9.90 Å². The standard InChI is InChI=1S/C24H18Br2N8O2/c25-19-10-31(13-27-19)7-17-8-33-6-16(2-4-21(33)29-17)24(36)23-18(9-32-11-20(26)28-14-32)30-22-3-1-15(12-35)5-34(22)23/h1-6,8,10-14,24,36H,7,9H2. The van der Waals surface area contributed by atoms with Gasteiger partial charge in [0.2, 0.25) is 0 Å². The third-order valence-electron chi connectivity index (χ3n) is 5.87. The van der Waals surface area contributed by atoms with E-state index < -0.39 is 6.10 Å². The maximum Gasteiger partial charge on any atom is 0.151 e. The van der Waals surface area contributed by atoms with Crippen LogP contribution < -0.4 is 0 Å². The number of aliphatic hydroxyl groups excluding tert-OH is 1. The summed E-state index contributed by atoms with van der Waals surface area (Å²) in [5.41, 5.74) is 4.69. The van der Waals surface area contributed by atoms with Gasteiger partial charge < -0.3 is 18.6 Å². The zero-order valence-corrected chi connectivity index (χ0v) is 21.8. The molecule has 6 heterocycles. The number of halogens is 2. The largest absolute Gasteiger partial charge is 0.382 e. The van der Waals surface area contributed by atoms with Gasteiger partial charge in [0.1, 0.15) is 26.6 Å². The molecule has 0 radical (unpaired) electrons. The van der Waals surface area contributed by atoms with Gasteiger partial charge in [0.25, 0.3) is 0 Å². The number of hydrogen-bond donors (Lipinski definition) is 1. The Bertz CT molecular complexity index is 1730. The Balaban J connectivity index is 1.40. The molecule has 12 heteroatoms. The first kappa shape index (κ1) is 22.8. The lowest BCUT2D eigenvalue weighted by atomic mass is 10.1. The van der Waals surface area contributed by atoms with Crippen LogP contribution in [0.25, 0.3) is 11.3 Å². The summed E-state index contributed by atoms with van der Waals surface area (Å²) in [5.74, 6) is 0. The Morgan fingerprint density at radius 3 is 2.28 bits per heavy atom. The molecule has 6 rings (SSSR count). The van der Waals surface area contributed by atoms with E-state index in [-0.39, 0.29) is 0 Å². The van der Waals surface area contributed by atoms with Gasteiger partial charge in [-0.15, -0.1) is 0 Å². The Morgan fingerprint density at radius 1 is 0.861 bits per heavy atom. The van der Waals surface area contributed by atoms with Gasteiger partial charge in [0, 0.05) is 42.1 Å². The van der Waals surface area contributed by atoms with Crippen LogP contribution in [0.3, 0.4) is 0 Å². The third-order valence-corrected chi connectivity index (χ3v) is 6.69. The summed E-state index contributed by atoms with van der Waals surface area (Å²) in [5, 5.41) is 11.6. The van der Waals surface area contributed by atoms with Crippen LogP contribution in [0, 0.1) is 0 Å². The van der Waals surface area contributed by atoms with E-state index in [0.717, 1.165) is 22.2 Å². The van der Waals surface area contributed by atoms with Gasteiger partial charge in [-0.2, -0.15) is 0 Å². The minimum Gasteiger partial charge on any atom is -0.382 e. The Labute approximate surface area is 221 Å². The van der Waals surface area contributed by atoms with Gasteiger partial charge in [-0.05, 0) is 50.1 Å². The van der Waals surface area contributed by atoms with E-state index in [2.05, 4.69) is 46.8 Å². The number of rotatable bonds is 7. The first-order valence-electron chi connectivity index (χ1n) is 10.9. The van der Waals surface area contributed by atoms with Crippen molar-refractivity contribution in [1.82, 2.24) is 37.9 Å². The van der Waals surface area contributed by atoms with Crippen LogP contribution in [0.4, 0.5) is 0 Å². The highest BCUT2D eigenvalue weighted by Crippen LogP contribution is 2.28. The lowest BCUT2D eigenvalue weighted by molar-refractivity contribution is 0.112. The number of hydrogen-bond acceptors (Lipinski definition) is 6. The molecule has 0 saturated carbocycles. The zero-order valence-electron chi connectivity index (χ0n) is 18.6. The third kappa shape index (κ3) is 4.27. The molecule has 10 nitrogen and oxygen atoms in total. The molecule has 1 unspecified atom stereocenters. The maximum atomic E-state index is 11.6. The number of carbonyl (C=O) groups excluding carboxylic acids is 1. The van der Waals surface area contributed by atoms with Crippen molar-refractivity contribution in [3.63, 3.8) is 0 Å². The van der Waals surface area contributed by atoms with Crippen molar-refractivity contribution in [1.29, 1.82) is 0 Å². The number of imidazole rings is 4. The van der Waals surface area contributed by atoms with Gasteiger partial charge in [-0.25, -0.2) is 19.9 Å². The van der Waals surface area contributed by atoms with Crippen molar-refractivity contribution in [2.24, 2.45) is 0 Å². The summed E-state index contributed by atoms with van der Waals surface area (Å²) in [6.07, 6.45) is 12.4. The van der Waals surface area contributed by atoms with Gasteiger partial charge in [0.05, 0.1) is 42.8 Å². The van der Waals surface area contributed by atoms with Crippen molar-refractivity contribution in [2.75, 3.05) is 0 Å². The Kier molecular flexibility index (Phi) is 5.78. The highest BCUT2D eigenvalue weighted by molar-refractivity contribution is 9.10. The fraction of sp³-hybridized carbons (Fsp3) is 0.125. The summed E-state index contributed by atoms with van der Waals surface area (Å²) in [4.78, 5) is 29.3. The molecule has 6 aromatic heterocycles. The molecule has 0 bridgehead atoms. The summed E-state index contributed by atoms with van der Waals surface area (Å²) in [6.45, 7) is 0.978. The molecular weight excluding hydrogens is 592 g/mol. The summed E-state index contributed by atoms with van der Waals surface area (Å²) in [7, 11) is 0. The monoisotopic (exact) mass is 608 g/mol. The molecule has 0 aromatic carbocycles. The molecule has 0 spiro atoms. The van der Waals surface area contributed by atoms with E-state index in [4.69, 9.17) is 4.98 Å². The topological polar surface area (TPSA) is 108 Å². The number of pyridine rings is 2. The predicted molar refractivity (Wildman–Crippen MR) is 138 cm³/mol. The molecule has 0 aliphatic carbocycles. The molecule has 0 aliphatic rings. The normalized spacial score (nSPS) is 12.5. The van der Waals surface area contributed by atoms with Crippen molar-refractivity contribution in [3.05, 3.63) is 105 Å². The fourth-order valence-corrected chi connectivity index (χ4v) is 4.97. The second kappa shape index (κ2) is 9.12. The van der Waals surface area contributed by atoms with E-state index in [9.17, 15) is 9.90 Å². The summed E-state index contributed by atoms with van der Waals surface area (Å²) >= 11 is 6.73. The van der Waals surface area contributed by atoms with Crippen molar-refractivity contribution >= 4 is 49.4 Å². The molecule has 0 saturated heterocycles. The van der Waals surface area contributed by atoms with E-state index in [1.807, 2.05) is 50.5 Å². The van der Waals surface area contributed by atoms with Crippen LogP contribution >= 0.6 is 31.9 Å².